The van der Waals surface area contributed by atoms with Gasteiger partial charge < -0.3 is 10.8 Å². The van der Waals surface area contributed by atoms with Gasteiger partial charge >= 0.3 is 5.97 Å². The second-order valence-electron chi connectivity index (χ2n) is 4.85. The summed E-state index contributed by atoms with van der Waals surface area (Å²) in [7, 11) is 0. The van der Waals surface area contributed by atoms with E-state index in [4.69, 9.17) is 10.8 Å². The largest absolute Gasteiger partial charge is 0.480 e. The topological polar surface area (TPSA) is 81.1 Å². The van der Waals surface area contributed by atoms with Crippen molar-refractivity contribution in [3.63, 3.8) is 0 Å². The molecule has 1 aliphatic rings. The van der Waals surface area contributed by atoms with Crippen molar-refractivity contribution in [3.05, 3.63) is 47.8 Å². The molecule has 1 saturated carbocycles. The molecule has 1 aromatic carbocycles. The molecule has 5 nitrogen and oxygen atoms in total. The van der Waals surface area contributed by atoms with Gasteiger partial charge in [0.1, 0.15) is 6.04 Å². The maximum absolute atomic E-state index is 10.8. The van der Waals surface area contributed by atoms with Gasteiger partial charge in [0.05, 0.1) is 5.69 Å². The molecule has 3 rings (SSSR count). The molecule has 98 valence electrons. The van der Waals surface area contributed by atoms with Crippen LogP contribution in [-0.2, 0) is 4.79 Å². The Kier molecular flexibility index (Phi) is 2.83. The molecule has 0 bridgehead atoms. The fourth-order valence-electron chi connectivity index (χ4n) is 2.18. The normalized spacial score (nSPS) is 16.3. The van der Waals surface area contributed by atoms with Gasteiger partial charge in [0.15, 0.2) is 0 Å². The average Bonchev–Trinajstić information content (AvgIpc) is 3.15. The summed E-state index contributed by atoms with van der Waals surface area (Å²) in [4.78, 5) is 10.8. The Hall–Kier alpha value is -2.14. The molecule has 1 aliphatic carbocycles. The molecule has 5 heteroatoms. The predicted octanol–water partition coefficient (Wildman–Crippen LogP) is 1.83. The number of aromatic nitrogens is 2. The third-order valence-corrected chi connectivity index (χ3v) is 3.43. The minimum absolute atomic E-state index is 0.594. The minimum Gasteiger partial charge on any atom is -0.480 e. The number of benzene rings is 1. The summed E-state index contributed by atoms with van der Waals surface area (Å²) >= 11 is 0. The van der Waals surface area contributed by atoms with E-state index in [1.807, 2.05) is 22.9 Å². The molecule has 1 unspecified atom stereocenters. The Labute approximate surface area is 110 Å². The number of nitrogens with zero attached hydrogens (tertiary/aromatic N) is 2. The number of hydrogen-bond donors (Lipinski definition) is 2. The summed E-state index contributed by atoms with van der Waals surface area (Å²) in [6.07, 6.45) is 4.23. The van der Waals surface area contributed by atoms with Gasteiger partial charge in [-0.25, -0.2) is 4.68 Å². The second kappa shape index (κ2) is 4.51. The molecule has 1 aromatic heterocycles. The average molecular weight is 257 g/mol. The quantitative estimate of drug-likeness (QED) is 0.875. The first-order valence-corrected chi connectivity index (χ1v) is 6.29. The Bertz CT molecular complexity index is 599. The van der Waals surface area contributed by atoms with Crippen LogP contribution in [0.2, 0.25) is 0 Å². The molecule has 0 spiro atoms. The highest BCUT2D eigenvalue weighted by Gasteiger charge is 2.27. The molecule has 1 heterocycles. The zero-order valence-corrected chi connectivity index (χ0v) is 10.4. The Morgan fingerprint density at radius 1 is 1.32 bits per heavy atom. The molecular formula is C14H15N3O2. The van der Waals surface area contributed by atoms with Crippen LogP contribution in [0.25, 0.3) is 5.69 Å². The van der Waals surface area contributed by atoms with Crippen molar-refractivity contribution in [1.29, 1.82) is 0 Å². The zero-order chi connectivity index (χ0) is 13.4. The van der Waals surface area contributed by atoms with E-state index in [9.17, 15) is 4.79 Å². The second-order valence-corrected chi connectivity index (χ2v) is 4.85. The van der Waals surface area contributed by atoms with Crippen molar-refractivity contribution in [2.24, 2.45) is 5.73 Å². The summed E-state index contributed by atoms with van der Waals surface area (Å²) in [5.41, 5.74) is 8.32. The van der Waals surface area contributed by atoms with E-state index in [0.29, 0.717) is 11.5 Å². The summed E-state index contributed by atoms with van der Waals surface area (Å²) in [5.74, 6) is -0.408. The van der Waals surface area contributed by atoms with Gasteiger partial charge in [0, 0.05) is 17.8 Å². The van der Waals surface area contributed by atoms with Crippen LogP contribution < -0.4 is 5.73 Å². The van der Waals surface area contributed by atoms with Crippen LogP contribution in [-0.4, -0.2) is 20.9 Å². The van der Waals surface area contributed by atoms with Gasteiger partial charge in [-0.2, -0.15) is 5.10 Å². The number of carboxylic acids is 1. The molecular weight excluding hydrogens is 242 g/mol. The minimum atomic E-state index is -1.02. The summed E-state index contributed by atoms with van der Waals surface area (Å²) in [6.45, 7) is 0. The molecule has 1 fully saturated rings. The van der Waals surface area contributed by atoms with Crippen LogP contribution in [0.4, 0.5) is 0 Å². The molecule has 0 radical (unpaired) electrons. The van der Waals surface area contributed by atoms with Gasteiger partial charge in [0.2, 0.25) is 0 Å². The lowest BCUT2D eigenvalue weighted by Gasteiger charge is -2.10. The highest BCUT2D eigenvalue weighted by molar-refractivity contribution is 5.75. The Morgan fingerprint density at radius 3 is 2.58 bits per heavy atom. The van der Waals surface area contributed by atoms with E-state index in [1.165, 1.54) is 18.5 Å². The lowest BCUT2D eigenvalue weighted by molar-refractivity contribution is -0.138. The number of aliphatic carboxylic acids is 1. The molecule has 19 heavy (non-hydrogen) atoms. The van der Waals surface area contributed by atoms with Crippen LogP contribution in [0.15, 0.2) is 36.5 Å². The first kappa shape index (κ1) is 11.9. The third-order valence-electron chi connectivity index (χ3n) is 3.43. The number of carbonyl (C=O) groups is 1. The number of hydrogen-bond acceptors (Lipinski definition) is 3. The van der Waals surface area contributed by atoms with Crippen LogP contribution in [0.1, 0.15) is 36.1 Å². The molecule has 0 aliphatic heterocycles. The highest BCUT2D eigenvalue weighted by atomic mass is 16.4. The molecule has 0 saturated heterocycles. The molecule has 0 amide bonds. The monoisotopic (exact) mass is 257 g/mol. The van der Waals surface area contributed by atoms with Crippen molar-refractivity contribution < 1.29 is 9.90 Å². The Balaban J connectivity index is 1.89. The summed E-state index contributed by atoms with van der Waals surface area (Å²) in [6, 6.07) is 8.26. The zero-order valence-electron chi connectivity index (χ0n) is 10.4. The SMILES string of the molecule is NC(C(=O)O)c1ccc(-n2nccc2C2CC2)cc1. The van der Waals surface area contributed by atoms with E-state index in [0.717, 1.165) is 5.69 Å². The van der Waals surface area contributed by atoms with Crippen molar-refractivity contribution in [1.82, 2.24) is 9.78 Å². The van der Waals surface area contributed by atoms with E-state index in [-0.39, 0.29) is 0 Å². The maximum Gasteiger partial charge on any atom is 0.325 e. The first-order valence-electron chi connectivity index (χ1n) is 6.29. The first-order chi connectivity index (χ1) is 9.16. The standard InChI is InChI=1S/C14H15N3O2/c15-13(14(18)19)10-3-5-11(6-4-10)17-12(7-8-16-17)9-1-2-9/h3-9,13H,1-2,15H2,(H,18,19). The van der Waals surface area contributed by atoms with Gasteiger partial charge in [0.25, 0.3) is 0 Å². The predicted molar refractivity (Wildman–Crippen MR) is 70.1 cm³/mol. The van der Waals surface area contributed by atoms with Crippen LogP contribution in [0.5, 0.6) is 0 Å². The van der Waals surface area contributed by atoms with E-state index < -0.39 is 12.0 Å². The number of nitrogens with two attached hydrogens (primary N) is 1. The van der Waals surface area contributed by atoms with Crippen LogP contribution in [0.3, 0.4) is 0 Å². The smallest absolute Gasteiger partial charge is 0.325 e. The van der Waals surface area contributed by atoms with E-state index in [2.05, 4.69) is 5.10 Å². The van der Waals surface area contributed by atoms with Gasteiger partial charge in [-0.3, -0.25) is 4.79 Å². The fourth-order valence-corrected chi connectivity index (χ4v) is 2.18. The van der Waals surface area contributed by atoms with Gasteiger partial charge in [-0.05, 0) is 36.6 Å². The van der Waals surface area contributed by atoms with Crippen molar-refractivity contribution in [2.75, 3.05) is 0 Å². The van der Waals surface area contributed by atoms with Crippen molar-refractivity contribution in [3.8, 4) is 5.69 Å². The van der Waals surface area contributed by atoms with Gasteiger partial charge in [-0.15, -0.1) is 0 Å². The number of rotatable bonds is 4. The van der Waals surface area contributed by atoms with Crippen molar-refractivity contribution in [2.45, 2.75) is 24.8 Å². The van der Waals surface area contributed by atoms with Crippen molar-refractivity contribution >= 4 is 5.97 Å². The molecule has 2 aromatic rings. The van der Waals surface area contributed by atoms with Gasteiger partial charge in [-0.1, -0.05) is 12.1 Å². The highest BCUT2D eigenvalue weighted by Crippen LogP contribution is 2.40. The summed E-state index contributed by atoms with van der Waals surface area (Å²) in [5, 5.41) is 13.2. The third kappa shape index (κ3) is 2.24. The maximum atomic E-state index is 10.8. The van der Waals surface area contributed by atoms with Crippen LogP contribution in [0, 0.1) is 0 Å². The Morgan fingerprint density at radius 2 is 2.00 bits per heavy atom. The molecule has 1 atom stereocenters. The van der Waals surface area contributed by atoms with E-state index in [1.54, 1.807) is 18.3 Å². The lowest BCUT2D eigenvalue weighted by atomic mass is 10.1. The summed E-state index contributed by atoms with van der Waals surface area (Å²) < 4.78 is 1.91. The van der Waals surface area contributed by atoms with E-state index >= 15 is 0 Å². The lowest BCUT2D eigenvalue weighted by Crippen LogP contribution is -2.20. The van der Waals surface area contributed by atoms with Crippen LogP contribution >= 0.6 is 0 Å². The molecule has 3 N–H and O–H groups in total. The fraction of sp³-hybridized carbons (Fsp3) is 0.286. The number of carboxylic acid groups (broad SMARTS) is 1.